The Kier molecular flexibility index (Phi) is 5.23. The lowest BCUT2D eigenvalue weighted by Crippen LogP contribution is -2.16. The third-order valence-corrected chi connectivity index (χ3v) is 5.99. The number of nitrogens with zero attached hydrogens (tertiary/aromatic N) is 4. The van der Waals surface area contributed by atoms with Gasteiger partial charge in [-0.25, -0.2) is 9.97 Å². The molecule has 2 N–H and O–H groups in total. The first kappa shape index (κ1) is 20.5. The van der Waals surface area contributed by atoms with Crippen LogP contribution >= 0.6 is 0 Å². The molecule has 1 aliphatic heterocycles. The minimum Gasteiger partial charge on any atom is -0.493 e. The number of ether oxygens (including phenoxy) is 3. The largest absolute Gasteiger partial charge is 0.493 e. The number of H-pyrrole nitrogens is 1. The molecule has 1 fully saturated rings. The van der Waals surface area contributed by atoms with Crippen LogP contribution in [-0.4, -0.2) is 51.0 Å². The maximum Gasteiger partial charge on any atom is 0.180 e. The smallest absolute Gasteiger partial charge is 0.180 e. The summed E-state index contributed by atoms with van der Waals surface area (Å²) in [4.78, 5) is 9.36. The molecule has 1 atom stereocenters. The summed E-state index contributed by atoms with van der Waals surface area (Å²) in [5, 5.41) is 11.6. The van der Waals surface area contributed by atoms with Crippen LogP contribution in [0.15, 0.2) is 61.2 Å². The van der Waals surface area contributed by atoms with E-state index in [0.29, 0.717) is 23.9 Å². The molecular formula is C25H24N6O3. The molecule has 3 aromatic heterocycles. The molecule has 1 saturated heterocycles. The first-order valence-electron chi connectivity index (χ1n) is 11.2. The summed E-state index contributed by atoms with van der Waals surface area (Å²) in [5.41, 5.74) is 4.30. The van der Waals surface area contributed by atoms with Crippen molar-refractivity contribution in [1.82, 2.24) is 24.6 Å². The van der Waals surface area contributed by atoms with Gasteiger partial charge >= 0.3 is 0 Å². The van der Waals surface area contributed by atoms with Crippen molar-refractivity contribution in [1.29, 1.82) is 0 Å². The molecule has 0 amide bonds. The highest BCUT2D eigenvalue weighted by molar-refractivity contribution is 5.84. The number of hydrogen-bond acceptors (Lipinski definition) is 7. The van der Waals surface area contributed by atoms with E-state index in [0.717, 1.165) is 52.9 Å². The molecule has 172 valence electrons. The standard InChI is InChI=1S/C25H24N6O3/c1-32-23-12-18(6-7-22(23)34-15-19-3-2-10-33-19)28-24-25-26-8-9-31(25)14-21(29-24)16-4-5-17-13-27-30-20(17)11-16/h4-9,11-14,19H,2-3,10,15H2,1H3,(H,27,30)(H,28,29)/t19-/m0/s1. The molecule has 9 nitrogen and oxygen atoms in total. The van der Waals surface area contributed by atoms with Gasteiger partial charge < -0.3 is 23.9 Å². The summed E-state index contributed by atoms with van der Waals surface area (Å²) in [7, 11) is 1.63. The lowest BCUT2D eigenvalue weighted by molar-refractivity contribution is 0.0670. The van der Waals surface area contributed by atoms with E-state index >= 15 is 0 Å². The summed E-state index contributed by atoms with van der Waals surface area (Å²) in [6, 6.07) is 11.8. The molecule has 4 heterocycles. The minimum absolute atomic E-state index is 0.143. The maximum atomic E-state index is 5.96. The average Bonchev–Trinajstić information content (AvgIpc) is 3.64. The number of rotatable bonds is 7. The van der Waals surface area contributed by atoms with E-state index < -0.39 is 0 Å². The van der Waals surface area contributed by atoms with Crippen molar-refractivity contribution in [2.45, 2.75) is 18.9 Å². The van der Waals surface area contributed by atoms with E-state index in [1.54, 1.807) is 19.5 Å². The highest BCUT2D eigenvalue weighted by atomic mass is 16.5. The number of anilines is 2. The summed E-state index contributed by atoms with van der Waals surface area (Å²) in [6.07, 6.45) is 9.68. The van der Waals surface area contributed by atoms with Crippen LogP contribution in [0.3, 0.4) is 0 Å². The number of nitrogens with one attached hydrogen (secondary N) is 2. The van der Waals surface area contributed by atoms with Gasteiger partial charge in [0.2, 0.25) is 0 Å². The normalized spacial score (nSPS) is 15.7. The lowest BCUT2D eigenvalue weighted by atomic mass is 10.1. The zero-order valence-electron chi connectivity index (χ0n) is 18.7. The highest BCUT2D eigenvalue weighted by Crippen LogP contribution is 2.33. The highest BCUT2D eigenvalue weighted by Gasteiger charge is 2.17. The van der Waals surface area contributed by atoms with Crippen LogP contribution in [0.4, 0.5) is 11.5 Å². The third kappa shape index (κ3) is 3.90. The van der Waals surface area contributed by atoms with E-state index in [-0.39, 0.29) is 6.10 Å². The Hall–Kier alpha value is -4.11. The Labute approximate surface area is 195 Å². The van der Waals surface area contributed by atoms with E-state index in [1.807, 2.05) is 53.2 Å². The number of imidazole rings is 1. The molecule has 2 aromatic carbocycles. The van der Waals surface area contributed by atoms with Crippen molar-refractivity contribution < 1.29 is 14.2 Å². The van der Waals surface area contributed by atoms with Gasteiger partial charge in [-0.2, -0.15) is 5.10 Å². The first-order valence-corrected chi connectivity index (χ1v) is 11.2. The third-order valence-electron chi connectivity index (χ3n) is 5.99. The second-order valence-electron chi connectivity index (χ2n) is 8.24. The van der Waals surface area contributed by atoms with Crippen LogP contribution in [0.1, 0.15) is 12.8 Å². The van der Waals surface area contributed by atoms with E-state index in [4.69, 9.17) is 19.2 Å². The molecule has 5 aromatic rings. The fourth-order valence-electron chi connectivity index (χ4n) is 4.21. The molecule has 0 radical (unpaired) electrons. The van der Waals surface area contributed by atoms with Gasteiger partial charge in [-0.15, -0.1) is 0 Å². The molecular weight excluding hydrogens is 432 g/mol. The number of methoxy groups -OCH3 is 1. The van der Waals surface area contributed by atoms with Gasteiger partial charge in [0.15, 0.2) is 23.0 Å². The predicted molar refractivity (Wildman–Crippen MR) is 129 cm³/mol. The summed E-state index contributed by atoms with van der Waals surface area (Å²) < 4.78 is 19.1. The maximum absolute atomic E-state index is 5.96. The van der Waals surface area contributed by atoms with Gasteiger partial charge in [-0.1, -0.05) is 12.1 Å². The van der Waals surface area contributed by atoms with E-state index in [1.165, 1.54) is 0 Å². The monoisotopic (exact) mass is 456 g/mol. The van der Waals surface area contributed by atoms with Crippen molar-refractivity contribution in [3.05, 3.63) is 61.2 Å². The number of hydrogen-bond donors (Lipinski definition) is 2. The van der Waals surface area contributed by atoms with Crippen LogP contribution in [0, 0.1) is 0 Å². The molecule has 9 heteroatoms. The number of aromatic nitrogens is 5. The Balaban J connectivity index is 1.30. The summed E-state index contributed by atoms with van der Waals surface area (Å²) in [6.45, 7) is 1.32. The average molecular weight is 457 g/mol. The second kappa shape index (κ2) is 8.68. The molecule has 0 bridgehead atoms. The number of aromatic amines is 1. The Bertz CT molecular complexity index is 1450. The van der Waals surface area contributed by atoms with Gasteiger partial charge in [-0.3, -0.25) is 5.10 Å². The van der Waals surface area contributed by atoms with Gasteiger partial charge in [0.25, 0.3) is 0 Å². The predicted octanol–water partition coefficient (Wildman–Crippen LogP) is 4.58. The van der Waals surface area contributed by atoms with Crippen molar-refractivity contribution in [3.8, 4) is 22.8 Å². The zero-order valence-corrected chi connectivity index (χ0v) is 18.7. The van der Waals surface area contributed by atoms with Crippen molar-refractivity contribution >= 4 is 28.1 Å². The van der Waals surface area contributed by atoms with E-state index in [2.05, 4.69) is 20.5 Å². The minimum atomic E-state index is 0.143. The molecule has 6 rings (SSSR count). The number of benzene rings is 2. The molecule has 0 aliphatic carbocycles. The SMILES string of the molecule is COc1cc(Nc2nc(-c3ccc4cn[nH]c4c3)cn3ccnc23)ccc1OC[C@@H]1CCCO1. The van der Waals surface area contributed by atoms with Gasteiger partial charge in [0.05, 0.1) is 30.6 Å². The second-order valence-corrected chi connectivity index (χ2v) is 8.24. The van der Waals surface area contributed by atoms with Crippen molar-refractivity contribution in [3.63, 3.8) is 0 Å². The zero-order chi connectivity index (χ0) is 22.9. The fourth-order valence-corrected chi connectivity index (χ4v) is 4.21. The molecule has 0 spiro atoms. The van der Waals surface area contributed by atoms with Crippen molar-refractivity contribution in [2.75, 3.05) is 25.6 Å². The first-order chi connectivity index (χ1) is 16.8. The topological polar surface area (TPSA) is 98.6 Å². The van der Waals surface area contributed by atoms with Crippen molar-refractivity contribution in [2.24, 2.45) is 0 Å². The molecule has 0 saturated carbocycles. The number of fused-ring (bicyclic) bond motifs is 2. The fraction of sp³-hybridized carbons (Fsp3) is 0.240. The van der Waals surface area contributed by atoms with Gasteiger partial charge in [-0.05, 0) is 31.0 Å². The molecule has 0 unspecified atom stereocenters. The van der Waals surface area contributed by atoms with E-state index in [9.17, 15) is 0 Å². The van der Waals surface area contributed by atoms with Crippen LogP contribution in [0.25, 0.3) is 27.8 Å². The Morgan fingerprint density at radius 3 is 3.06 bits per heavy atom. The van der Waals surface area contributed by atoms with Crippen LogP contribution in [-0.2, 0) is 4.74 Å². The molecule has 34 heavy (non-hydrogen) atoms. The summed E-state index contributed by atoms with van der Waals surface area (Å²) in [5.74, 6) is 1.97. The Morgan fingerprint density at radius 2 is 2.18 bits per heavy atom. The lowest BCUT2D eigenvalue weighted by Gasteiger charge is -2.16. The van der Waals surface area contributed by atoms with Crippen LogP contribution < -0.4 is 14.8 Å². The van der Waals surface area contributed by atoms with Gasteiger partial charge in [0.1, 0.15) is 6.61 Å². The quantitative estimate of drug-likeness (QED) is 0.370. The summed E-state index contributed by atoms with van der Waals surface area (Å²) >= 11 is 0. The van der Waals surface area contributed by atoms with Crippen LogP contribution in [0.5, 0.6) is 11.5 Å². The Morgan fingerprint density at radius 1 is 1.21 bits per heavy atom. The van der Waals surface area contributed by atoms with Gasteiger partial charge in [0, 0.05) is 47.9 Å². The molecule has 1 aliphatic rings. The van der Waals surface area contributed by atoms with Crippen LogP contribution in [0.2, 0.25) is 0 Å².